The lowest BCUT2D eigenvalue weighted by Crippen LogP contribution is -2.38. The van der Waals surface area contributed by atoms with Crippen LogP contribution in [0, 0.1) is 0 Å². The fourth-order valence-corrected chi connectivity index (χ4v) is 3.33. The SMILES string of the molecule is COc1cccc(NC(=O)c2ccc(-c3ccc(O)cc3)nc2N2CCOCC2)c1. The molecule has 0 bridgehead atoms. The number of hydrogen-bond acceptors (Lipinski definition) is 6. The van der Waals surface area contributed by atoms with Crippen molar-refractivity contribution in [3.8, 4) is 22.8 Å². The fraction of sp³-hybridized carbons (Fsp3) is 0.217. The van der Waals surface area contributed by atoms with E-state index in [-0.39, 0.29) is 11.7 Å². The predicted octanol–water partition coefficient (Wildman–Crippen LogP) is 3.55. The fourth-order valence-electron chi connectivity index (χ4n) is 3.33. The molecule has 154 valence electrons. The summed E-state index contributed by atoms with van der Waals surface area (Å²) in [5.41, 5.74) is 2.73. The van der Waals surface area contributed by atoms with Crippen LogP contribution in [0.3, 0.4) is 0 Å². The quantitative estimate of drug-likeness (QED) is 0.675. The van der Waals surface area contributed by atoms with Crippen LogP contribution in [0.2, 0.25) is 0 Å². The van der Waals surface area contributed by atoms with Gasteiger partial charge in [-0.25, -0.2) is 4.98 Å². The molecule has 2 aromatic carbocycles. The zero-order chi connectivity index (χ0) is 20.9. The number of phenolic OH excluding ortho intramolecular Hbond substituents is 1. The lowest BCUT2D eigenvalue weighted by molar-refractivity contribution is 0.102. The lowest BCUT2D eigenvalue weighted by atomic mass is 10.1. The lowest BCUT2D eigenvalue weighted by Gasteiger charge is -2.29. The first-order valence-electron chi connectivity index (χ1n) is 9.72. The highest BCUT2D eigenvalue weighted by Crippen LogP contribution is 2.27. The maximum Gasteiger partial charge on any atom is 0.259 e. The van der Waals surface area contributed by atoms with Gasteiger partial charge in [0.15, 0.2) is 0 Å². The van der Waals surface area contributed by atoms with Gasteiger partial charge in [-0.15, -0.1) is 0 Å². The number of pyridine rings is 1. The number of methoxy groups -OCH3 is 1. The average molecular weight is 405 g/mol. The standard InChI is InChI=1S/C23H23N3O4/c1-29-19-4-2-3-17(15-19)24-23(28)20-9-10-21(16-5-7-18(27)8-6-16)25-22(20)26-11-13-30-14-12-26/h2-10,15,27H,11-14H2,1H3,(H,24,28). The second-order valence-electron chi connectivity index (χ2n) is 6.90. The molecule has 7 heteroatoms. The van der Waals surface area contributed by atoms with Crippen LogP contribution < -0.4 is 15.0 Å². The summed E-state index contributed by atoms with van der Waals surface area (Å²) in [6, 6.07) is 17.7. The molecule has 0 atom stereocenters. The van der Waals surface area contributed by atoms with E-state index < -0.39 is 0 Å². The zero-order valence-corrected chi connectivity index (χ0v) is 16.7. The van der Waals surface area contributed by atoms with Gasteiger partial charge in [0, 0.05) is 30.4 Å². The number of ether oxygens (including phenoxy) is 2. The molecule has 1 saturated heterocycles. The van der Waals surface area contributed by atoms with E-state index in [1.165, 1.54) is 0 Å². The number of anilines is 2. The summed E-state index contributed by atoms with van der Waals surface area (Å²) in [5, 5.41) is 12.5. The third-order valence-corrected chi connectivity index (χ3v) is 4.92. The predicted molar refractivity (Wildman–Crippen MR) is 115 cm³/mol. The van der Waals surface area contributed by atoms with Crippen molar-refractivity contribution < 1.29 is 19.4 Å². The summed E-state index contributed by atoms with van der Waals surface area (Å²) >= 11 is 0. The number of rotatable bonds is 5. The number of carbonyl (C=O) groups is 1. The Morgan fingerprint density at radius 3 is 2.60 bits per heavy atom. The summed E-state index contributed by atoms with van der Waals surface area (Å²) in [4.78, 5) is 19.9. The molecule has 0 aliphatic carbocycles. The van der Waals surface area contributed by atoms with E-state index in [0.717, 1.165) is 11.3 Å². The van der Waals surface area contributed by atoms with E-state index in [1.807, 2.05) is 24.3 Å². The van der Waals surface area contributed by atoms with Crippen molar-refractivity contribution in [1.29, 1.82) is 0 Å². The Morgan fingerprint density at radius 1 is 1.10 bits per heavy atom. The molecule has 30 heavy (non-hydrogen) atoms. The molecule has 1 aliphatic heterocycles. The van der Waals surface area contributed by atoms with Crippen molar-refractivity contribution in [1.82, 2.24) is 4.98 Å². The molecule has 2 heterocycles. The highest BCUT2D eigenvalue weighted by atomic mass is 16.5. The zero-order valence-electron chi connectivity index (χ0n) is 16.7. The van der Waals surface area contributed by atoms with Gasteiger partial charge in [0.25, 0.3) is 5.91 Å². The maximum absolute atomic E-state index is 13.1. The number of amides is 1. The Balaban J connectivity index is 1.68. The van der Waals surface area contributed by atoms with Crippen molar-refractivity contribution in [2.24, 2.45) is 0 Å². The minimum atomic E-state index is -0.241. The number of aromatic nitrogens is 1. The molecule has 7 nitrogen and oxygen atoms in total. The summed E-state index contributed by atoms with van der Waals surface area (Å²) < 4.78 is 10.7. The second-order valence-corrected chi connectivity index (χ2v) is 6.90. The van der Waals surface area contributed by atoms with Crippen molar-refractivity contribution in [2.45, 2.75) is 0 Å². The van der Waals surface area contributed by atoms with Crippen LogP contribution in [-0.4, -0.2) is 49.4 Å². The number of carbonyl (C=O) groups excluding carboxylic acids is 1. The van der Waals surface area contributed by atoms with Crippen LogP contribution in [0.1, 0.15) is 10.4 Å². The number of phenols is 1. The van der Waals surface area contributed by atoms with Crippen molar-refractivity contribution in [2.75, 3.05) is 43.6 Å². The van der Waals surface area contributed by atoms with Gasteiger partial charge in [-0.2, -0.15) is 0 Å². The van der Waals surface area contributed by atoms with Crippen LogP contribution in [0.4, 0.5) is 11.5 Å². The van der Waals surface area contributed by atoms with Crippen molar-refractivity contribution in [3.05, 3.63) is 66.2 Å². The molecule has 4 rings (SSSR count). The molecule has 0 radical (unpaired) electrons. The van der Waals surface area contributed by atoms with Gasteiger partial charge in [-0.1, -0.05) is 6.07 Å². The molecule has 2 N–H and O–H groups in total. The minimum Gasteiger partial charge on any atom is -0.508 e. The van der Waals surface area contributed by atoms with Gasteiger partial charge < -0.3 is 24.8 Å². The van der Waals surface area contributed by atoms with Gasteiger partial charge in [0.1, 0.15) is 17.3 Å². The number of aromatic hydroxyl groups is 1. The highest BCUT2D eigenvalue weighted by molar-refractivity contribution is 6.08. The minimum absolute atomic E-state index is 0.196. The second kappa shape index (κ2) is 8.84. The number of nitrogens with zero attached hydrogens (tertiary/aromatic N) is 2. The normalized spacial score (nSPS) is 13.7. The summed E-state index contributed by atoms with van der Waals surface area (Å²) in [7, 11) is 1.59. The Morgan fingerprint density at radius 2 is 1.87 bits per heavy atom. The van der Waals surface area contributed by atoms with Crippen LogP contribution in [0.15, 0.2) is 60.7 Å². The molecule has 1 aromatic heterocycles. The van der Waals surface area contributed by atoms with E-state index in [9.17, 15) is 9.90 Å². The molecular weight excluding hydrogens is 382 g/mol. The van der Waals surface area contributed by atoms with Crippen LogP contribution in [0.5, 0.6) is 11.5 Å². The van der Waals surface area contributed by atoms with E-state index in [0.29, 0.717) is 49.1 Å². The van der Waals surface area contributed by atoms with E-state index >= 15 is 0 Å². The van der Waals surface area contributed by atoms with Gasteiger partial charge in [0.2, 0.25) is 0 Å². The average Bonchev–Trinajstić information content (AvgIpc) is 2.80. The monoisotopic (exact) mass is 405 g/mol. The molecule has 3 aromatic rings. The molecule has 0 saturated carbocycles. The molecule has 0 unspecified atom stereocenters. The largest absolute Gasteiger partial charge is 0.508 e. The Labute approximate surface area is 174 Å². The summed E-state index contributed by atoms with van der Waals surface area (Å²) in [6.45, 7) is 2.49. The number of morpholine rings is 1. The number of nitrogens with one attached hydrogen (secondary N) is 1. The third kappa shape index (κ3) is 4.36. The molecule has 1 amide bonds. The topological polar surface area (TPSA) is 83.9 Å². The number of hydrogen-bond donors (Lipinski definition) is 2. The molecular formula is C23H23N3O4. The summed E-state index contributed by atoms with van der Waals surface area (Å²) in [5.74, 6) is 1.24. The van der Waals surface area contributed by atoms with E-state index in [1.54, 1.807) is 43.5 Å². The highest BCUT2D eigenvalue weighted by Gasteiger charge is 2.21. The first kappa shape index (κ1) is 19.7. The van der Waals surface area contributed by atoms with E-state index in [4.69, 9.17) is 14.5 Å². The smallest absolute Gasteiger partial charge is 0.259 e. The first-order chi connectivity index (χ1) is 14.6. The van der Waals surface area contributed by atoms with Gasteiger partial charge in [-0.05, 0) is 48.5 Å². The molecule has 0 spiro atoms. The molecule has 1 fully saturated rings. The first-order valence-corrected chi connectivity index (χ1v) is 9.72. The van der Waals surface area contributed by atoms with Gasteiger partial charge in [-0.3, -0.25) is 4.79 Å². The Bertz CT molecular complexity index is 1030. The van der Waals surface area contributed by atoms with Crippen LogP contribution in [0.25, 0.3) is 11.3 Å². The summed E-state index contributed by atoms with van der Waals surface area (Å²) in [6.07, 6.45) is 0. The van der Waals surface area contributed by atoms with Gasteiger partial charge >= 0.3 is 0 Å². The number of benzene rings is 2. The third-order valence-electron chi connectivity index (χ3n) is 4.92. The van der Waals surface area contributed by atoms with Crippen molar-refractivity contribution in [3.63, 3.8) is 0 Å². The molecule has 1 aliphatic rings. The van der Waals surface area contributed by atoms with Crippen LogP contribution in [-0.2, 0) is 4.74 Å². The Kier molecular flexibility index (Phi) is 5.81. The Hall–Kier alpha value is -3.58. The van der Waals surface area contributed by atoms with Crippen LogP contribution >= 0.6 is 0 Å². The van der Waals surface area contributed by atoms with E-state index in [2.05, 4.69) is 10.2 Å². The van der Waals surface area contributed by atoms with Crippen molar-refractivity contribution >= 4 is 17.4 Å². The van der Waals surface area contributed by atoms with Gasteiger partial charge in [0.05, 0.1) is 31.6 Å². The maximum atomic E-state index is 13.1.